The van der Waals surface area contributed by atoms with Gasteiger partial charge in [-0.1, -0.05) is 13.8 Å². The van der Waals surface area contributed by atoms with Crippen molar-refractivity contribution < 1.29 is 22.8 Å². The zero-order chi connectivity index (χ0) is 21.2. The van der Waals surface area contributed by atoms with E-state index in [-0.39, 0.29) is 24.9 Å². The van der Waals surface area contributed by atoms with E-state index in [2.05, 4.69) is 9.88 Å². The molecule has 0 spiro atoms. The molecule has 2 aliphatic rings. The summed E-state index contributed by atoms with van der Waals surface area (Å²) in [4.78, 5) is 34.6. The Morgan fingerprint density at radius 2 is 1.79 bits per heavy atom. The molecule has 160 valence electrons. The SMILES string of the molecule is CCC1(CC)CC(=O)N(CN2CCCN(c3ccc(C(F)(F)F)cn3)CC2)C1=O. The number of hydrogen-bond acceptors (Lipinski definition) is 5. The second-order valence-electron chi connectivity index (χ2n) is 7.79. The standard InChI is InChI=1S/C20H27F3N4O2/c1-3-19(4-2)12-17(28)27(18(19)29)14-25-8-5-9-26(11-10-25)16-7-6-15(13-24-16)20(21,22)23/h6-7,13H,3-5,8-12,14H2,1-2H3. The van der Waals surface area contributed by atoms with Gasteiger partial charge in [-0.05, 0) is 31.4 Å². The van der Waals surface area contributed by atoms with Crippen molar-refractivity contribution in [2.45, 2.75) is 45.7 Å². The van der Waals surface area contributed by atoms with Gasteiger partial charge < -0.3 is 4.90 Å². The highest BCUT2D eigenvalue weighted by molar-refractivity contribution is 6.05. The quantitative estimate of drug-likeness (QED) is 0.696. The summed E-state index contributed by atoms with van der Waals surface area (Å²) in [6, 6.07) is 2.44. The van der Waals surface area contributed by atoms with Crippen LogP contribution < -0.4 is 4.90 Å². The van der Waals surface area contributed by atoms with Crippen LogP contribution in [0.25, 0.3) is 0 Å². The first kappa shape index (κ1) is 21.5. The third-order valence-electron chi connectivity index (χ3n) is 6.17. The van der Waals surface area contributed by atoms with Crippen LogP contribution in [0.3, 0.4) is 0 Å². The summed E-state index contributed by atoms with van der Waals surface area (Å²) in [7, 11) is 0. The van der Waals surface area contributed by atoms with E-state index < -0.39 is 17.2 Å². The molecule has 1 aromatic rings. The number of anilines is 1. The molecule has 2 saturated heterocycles. The van der Waals surface area contributed by atoms with Crippen LogP contribution in [0.5, 0.6) is 0 Å². The lowest BCUT2D eigenvalue weighted by Gasteiger charge is -2.28. The third kappa shape index (κ3) is 4.39. The highest BCUT2D eigenvalue weighted by Gasteiger charge is 2.49. The molecular weight excluding hydrogens is 385 g/mol. The largest absolute Gasteiger partial charge is 0.417 e. The maximum Gasteiger partial charge on any atom is 0.417 e. The Kier molecular flexibility index (Phi) is 6.16. The van der Waals surface area contributed by atoms with Crippen LogP contribution >= 0.6 is 0 Å². The Balaban J connectivity index is 1.62. The molecule has 3 rings (SSSR count). The molecule has 29 heavy (non-hydrogen) atoms. The molecule has 0 atom stereocenters. The Bertz CT molecular complexity index is 747. The van der Waals surface area contributed by atoms with Crippen molar-refractivity contribution in [3.05, 3.63) is 23.9 Å². The summed E-state index contributed by atoms with van der Waals surface area (Å²) in [6.45, 7) is 6.70. The van der Waals surface area contributed by atoms with Gasteiger partial charge in [0.25, 0.3) is 0 Å². The van der Waals surface area contributed by atoms with Gasteiger partial charge in [0.15, 0.2) is 0 Å². The van der Waals surface area contributed by atoms with Gasteiger partial charge in [-0.25, -0.2) is 4.98 Å². The van der Waals surface area contributed by atoms with Crippen LogP contribution in [0.2, 0.25) is 0 Å². The fourth-order valence-electron chi connectivity index (χ4n) is 4.09. The number of likely N-dealkylation sites (tertiary alicyclic amines) is 1. The Morgan fingerprint density at radius 1 is 1.07 bits per heavy atom. The molecule has 0 bridgehead atoms. The van der Waals surface area contributed by atoms with E-state index in [1.807, 2.05) is 18.7 Å². The van der Waals surface area contributed by atoms with E-state index in [4.69, 9.17) is 0 Å². The summed E-state index contributed by atoms with van der Waals surface area (Å²) >= 11 is 0. The van der Waals surface area contributed by atoms with Crippen molar-refractivity contribution >= 4 is 17.6 Å². The molecule has 0 saturated carbocycles. The van der Waals surface area contributed by atoms with Gasteiger partial charge in [0, 0.05) is 38.8 Å². The van der Waals surface area contributed by atoms with Gasteiger partial charge >= 0.3 is 6.18 Å². The molecule has 0 radical (unpaired) electrons. The minimum Gasteiger partial charge on any atom is -0.355 e. The number of aromatic nitrogens is 1. The van der Waals surface area contributed by atoms with Gasteiger partial charge in [-0.15, -0.1) is 0 Å². The molecule has 1 aromatic heterocycles. The number of alkyl halides is 3. The van der Waals surface area contributed by atoms with Crippen LogP contribution in [-0.2, 0) is 15.8 Å². The first-order valence-electron chi connectivity index (χ1n) is 10.1. The average Bonchev–Trinajstić information content (AvgIpc) is 2.84. The van der Waals surface area contributed by atoms with Crippen molar-refractivity contribution in [2.24, 2.45) is 5.41 Å². The number of nitrogens with zero attached hydrogens (tertiary/aromatic N) is 4. The number of rotatable bonds is 5. The first-order valence-corrected chi connectivity index (χ1v) is 10.1. The van der Waals surface area contributed by atoms with Gasteiger partial charge in [-0.3, -0.25) is 19.4 Å². The van der Waals surface area contributed by atoms with E-state index in [1.165, 1.54) is 11.0 Å². The summed E-state index contributed by atoms with van der Waals surface area (Å²) in [6.07, 6.45) is -1.20. The Labute approximate surface area is 168 Å². The fraction of sp³-hybridized carbons (Fsp3) is 0.650. The average molecular weight is 412 g/mol. The second kappa shape index (κ2) is 8.30. The molecule has 9 heteroatoms. The molecule has 0 aromatic carbocycles. The number of amides is 2. The van der Waals surface area contributed by atoms with Gasteiger partial charge in [-0.2, -0.15) is 13.2 Å². The molecule has 6 nitrogen and oxygen atoms in total. The number of carbonyl (C=O) groups excluding carboxylic acids is 2. The summed E-state index contributed by atoms with van der Waals surface area (Å²) in [5.74, 6) is 0.298. The van der Waals surface area contributed by atoms with Crippen LogP contribution in [0.15, 0.2) is 18.3 Å². The van der Waals surface area contributed by atoms with E-state index >= 15 is 0 Å². The lowest BCUT2D eigenvalue weighted by molar-refractivity contribution is -0.144. The smallest absolute Gasteiger partial charge is 0.355 e. The number of halogens is 3. The number of pyridine rings is 1. The van der Waals surface area contributed by atoms with Crippen molar-refractivity contribution in [3.63, 3.8) is 0 Å². The minimum atomic E-state index is -4.40. The van der Waals surface area contributed by atoms with Crippen molar-refractivity contribution in [3.8, 4) is 0 Å². The fourth-order valence-corrected chi connectivity index (χ4v) is 4.09. The molecule has 2 amide bonds. The minimum absolute atomic E-state index is 0.0852. The summed E-state index contributed by atoms with van der Waals surface area (Å²) in [5.41, 5.74) is -1.34. The Morgan fingerprint density at radius 3 is 2.34 bits per heavy atom. The lowest BCUT2D eigenvalue weighted by Crippen LogP contribution is -2.44. The van der Waals surface area contributed by atoms with Crippen molar-refractivity contribution in [1.82, 2.24) is 14.8 Å². The van der Waals surface area contributed by atoms with Crippen molar-refractivity contribution in [1.29, 1.82) is 0 Å². The Hall–Kier alpha value is -2.16. The third-order valence-corrected chi connectivity index (χ3v) is 6.17. The van der Waals surface area contributed by atoms with Crippen LogP contribution in [0.4, 0.5) is 19.0 Å². The van der Waals surface area contributed by atoms with Gasteiger partial charge in [0.05, 0.1) is 17.6 Å². The zero-order valence-corrected chi connectivity index (χ0v) is 16.8. The van der Waals surface area contributed by atoms with Crippen LogP contribution in [0.1, 0.15) is 45.1 Å². The summed E-state index contributed by atoms with van der Waals surface area (Å²) in [5, 5.41) is 0. The van der Waals surface area contributed by atoms with E-state index in [1.54, 1.807) is 0 Å². The topological polar surface area (TPSA) is 56.8 Å². The zero-order valence-electron chi connectivity index (χ0n) is 16.8. The number of imide groups is 1. The van der Waals surface area contributed by atoms with Gasteiger partial charge in [0.2, 0.25) is 11.8 Å². The molecule has 0 N–H and O–H groups in total. The lowest BCUT2D eigenvalue weighted by atomic mass is 9.81. The number of carbonyl (C=O) groups is 2. The molecule has 2 aliphatic heterocycles. The predicted molar refractivity (Wildman–Crippen MR) is 102 cm³/mol. The summed E-state index contributed by atoms with van der Waals surface area (Å²) < 4.78 is 38.2. The molecule has 0 aliphatic carbocycles. The highest BCUT2D eigenvalue weighted by atomic mass is 19.4. The van der Waals surface area contributed by atoms with Gasteiger partial charge in [0.1, 0.15) is 5.82 Å². The molecular formula is C20H27F3N4O2. The molecule has 3 heterocycles. The number of hydrogen-bond donors (Lipinski definition) is 0. The monoisotopic (exact) mass is 412 g/mol. The van der Waals surface area contributed by atoms with E-state index in [0.29, 0.717) is 44.8 Å². The second-order valence-corrected chi connectivity index (χ2v) is 7.79. The van der Waals surface area contributed by atoms with Crippen molar-refractivity contribution in [2.75, 3.05) is 37.7 Å². The van der Waals surface area contributed by atoms with E-state index in [9.17, 15) is 22.8 Å². The molecule has 0 unspecified atom stereocenters. The van der Waals surface area contributed by atoms with E-state index in [0.717, 1.165) is 18.7 Å². The van der Waals surface area contributed by atoms with Crippen LogP contribution in [0, 0.1) is 5.41 Å². The normalized spacial score (nSPS) is 21.0. The maximum atomic E-state index is 12.8. The highest BCUT2D eigenvalue weighted by Crippen LogP contribution is 2.39. The molecule has 2 fully saturated rings. The maximum absolute atomic E-state index is 12.8. The predicted octanol–water partition coefficient (Wildman–Crippen LogP) is 3.14. The first-order chi connectivity index (χ1) is 13.7. The van der Waals surface area contributed by atoms with Crippen LogP contribution in [-0.4, -0.2) is 59.4 Å².